The summed E-state index contributed by atoms with van der Waals surface area (Å²) in [6.07, 6.45) is 5.47. The molecule has 0 spiro atoms. The molecule has 3 rings (SSSR count). The highest BCUT2D eigenvalue weighted by Crippen LogP contribution is 2.40. The maximum Gasteiger partial charge on any atom is 0.272 e. The van der Waals surface area contributed by atoms with Crippen LogP contribution >= 0.6 is 0 Å². The fraction of sp³-hybridized carbons (Fsp3) is 0.550. The van der Waals surface area contributed by atoms with Gasteiger partial charge in [0, 0.05) is 11.4 Å². The molecule has 1 heterocycles. The van der Waals surface area contributed by atoms with Gasteiger partial charge >= 0.3 is 0 Å². The normalized spacial score (nSPS) is 21.2. The van der Waals surface area contributed by atoms with Crippen molar-refractivity contribution in [1.29, 1.82) is 0 Å². The van der Waals surface area contributed by atoms with Crippen LogP contribution in [-0.2, 0) is 0 Å². The van der Waals surface area contributed by atoms with Crippen molar-refractivity contribution in [3.8, 4) is 0 Å². The molecule has 2 aromatic rings. The van der Waals surface area contributed by atoms with E-state index in [0.29, 0.717) is 21.9 Å². The van der Waals surface area contributed by atoms with Crippen LogP contribution in [-0.4, -0.2) is 22.1 Å². The largest absolute Gasteiger partial charge is 0.348 e. The van der Waals surface area contributed by atoms with Crippen molar-refractivity contribution in [1.82, 2.24) is 15.5 Å². The summed E-state index contributed by atoms with van der Waals surface area (Å²) < 4.78 is 0. The van der Waals surface area contributed by atoms with E-state index in [2.05, 4.69) is 36.3 Å². The Kier molecular flexibility index (Phi) is 4.93. The summed E-state index contributed by atoms with van der Waals surface area (Å²) in [6, 6.07) is 7.27. The first-order valence-electron chi connectivity index (χ1n) is 9.20. The molecule has 0 atom stereocenters. The Bertz CT molecular complexity index is 817. The highest BCUT2D eigenvalue weighted by atomic mass is 16.2. The number of nitrogens with zero attached hydrogens (tertiary/aromatic N) is 1. The molecule has 0 aliphatic heterocycles. The highest BCUT2D eigenvalue weighted by molar-refractivity contribution is 6.04. The van der Waals surface area contributed by atoms with Crippen molar-refractivity contribution in [2.24, 2.45) is 11.3 Å². The number of amides is 1. The van der Waals surface area contributed by atoms with E-state index in [1.807, 2.05) is 6.07 Å². The summed E-state index contributed by atoms with van der Waals surface area (Å²) in [6.45, 7) is 6.93. The molecule has 0 bridgehead atoms. The van der Waals surface area contributed by atoms with E-state index in [0.717, 1.165) is 31.6 Å². The number of benzene rings is 1. The lowest BCUT2D eigenvalue weighted by atomic mass is 9.69. The topological polar surface area (TPSA) is 74.8 Å². The van der Waals surface area contributed by atoms with Crippen molar-refractivity contribution < 1.29 is 4.79 Å². The molecule has 25 heavy (non-hydrogen) atoms. The van der Waals surface area contributed by atoms with Crippen molar-refractivity contribution in [3.63, 3.8) is 0 Å². The number of fused-ring (bicyclic) bond motifs is 1. The van der Waals surface area contributed by atoms with Gasteiger partial charge in [-0.05, 0) is 43.1 Å². The molecule has 1 aromatic carbocycles. The third-order valence-electron chi connectivity index (χ3n) is 5.99. The molecule has 0 saturated heterocycles. The van der Waals surface area contributed by atoms with Crippen LogP contribution in [0, 0.1) is 11.3 Å². The summed E-state index contributed by atoms with van der Waals surface area (Å²) in [7, 11) is 0. The Morgan fingerprint density at radius 2 is 1.84 bits per heavy atom. The number of carbonyl (C=O) groups excluding carboxylic acids is 1. The number of hydrogen-bond acceptors (Lipinski definition) is 3. The molecule has 0 unspecified atom stereocenters. The lowest BCUT2D eigenvalue weighted by molar-refractivity contribution is 0.0889. The lowest BCUT2D eigenvalue weighted by Gasteiger charge is -2.39. The number of aromatic amines is 1. The predicted octanol–water partition coefficient (Wildman–Crippen LogP) is 3.65. The van der Waals surface area contributed by atoms with E-state index >= 15 is 0 Å². The minimum absolute atomic E-state index is 0.184. The summed E-state index contributed by atoms with van der Waals surface area (Å²) in [5.74, 6) is 0.517. The van der Waals surface area contributed by atoms with Crippen LogP contribution in [0.25, 0.3) is 10.8 Å². The van der Waals surface area contributed by atoms with Crippen molar-refractivity contribution in [2.75, 3.05) is 0 Å². The zero-order valence-corrected chi connectivity index (χ0v) is 15.3. The predicted molar refractivity (Wildman–Crippen MR) is 99.6 cm³/mol. The first kappa shape index (κ1) is 17.6. The second kappa shape index (κ2) is 6.98. The van der Waals surface area contributed by atoms with Crippen LogP contribution < -0.4 is 10.9 Å². The standard InChI is InChI=1S/C20H27N3O2/c1-4-20(2,3)13-9-11-14(12-10-13)21-19(25)17-15-7-5-6-8-16(15)18(24)23-22-17/h5-8,13-14H,4,9-12H2,1-3H3,(H,21,25)(H,23,24). The third kappa shape index (κ3) is 3.60. The van der Waals surface area contributed by atoms with E-state index in [1.165, 1.54) is 6.42 Å². The first-order chi connectivity index (χ1) is 11.9. The van der Waals surface area contributed by atoms with E-state index in [4.69, 9.17) is 0 Å². The summed E-state index contributed by atoms with van der Waals surface area (Å²) in [4.78, 5) is 24.5. The monoisotopic (exact) mass is 341 g/mol. The van der Waals surface area contributed by atoms with Gasteiger partial charge in [-0.15, -0.1) is 0 Å². The Morgan fingerprint density at radius 3 is 2.48 bits per heavy atom. The molecule has 1 aliphatic carbocycles. The molecule has 134 valence electrons. The van der Waals surface area contributed by atoms with Gasteiger partial charge in [-0.2, -0.15) is 5.10 Å². The smallest absolute Gasteiger partial charge is 0.272 e. The van der Waals surface area contributed by atoms with Crippen molar-refractivity contribution in [2.45, 2.75) is 58.9 Å². The van der Waals surface area contributed by atoms with Crippen molar-refractivity contribution >= 4 is 16.7 Å². The summed E-state index contributed by atoms with van der Waals surface area (Å²) in [5.41, 5.74) is 0.395. The van der Waals surface area contributed by atoms with Gasteiger partial charge in [-0.25, -0.2) is 5.10 Å². The number of carbonyl (C=O) groups is 1. The van der Waals surface area contributed by atoms with E-state index in [-0.39, 0.29) is 17.5 Å². The Morgan fingerprint density at radius 1 is 1.20 bits per heavy atom. The molecular weight excluding hydrogens is 314 g/mol. The molecule has 5 heteroatoms. The molecule has 1 amide bonds. The van der Waals surface area contributed by atoms with Crippen LogP contribution in [0.2, 0.25) is 0 Å². The molecule has 0 radical (unpaired) electrons. The number of H-pyrrole nitrogens is 1. The maximum atomic E-state index is 12.7. The maximum absolute atomic E-state index is 12.7. The van der Waals surface area contributed by atoms with Gasteiger partial charge in [0.2, 0.25) is 0 Å². The Hall–Kier alpha value is -2.17. The zero-order valence-electron chi connectivity index (χ0n) is 15.3. The lowest BCUT2D eigenvalue weighted by Crippen LogP contribution is -2.40. The second-order valence-electron chi connectivity index (χ2n) is 7.81. The molecule has 2 N–H and O–H groups in total. The number of rotatable bonds is 4. The number of hydrogen-bond donors (Lipinski definition) is 2. The molecule has 5 nitrogen and oxygen atoms in total. The SMILES string of the molecule is CCC(C)(C)C1CCC(NC(=O)c2n[nH]c(=O)c3ccccc23)CC1. The molecule has 1 saturated carbocycles. The fourth-order valence-corrected chi connectivity index (χ4v) is 3.85. The van der Waals surface area contributed by atoms with E-state index in [9.17, 15) is 9.59 Å². The van der Waals surface area contributed by atoms with Crippen LogP contribution in [0.1, 0.15) is 63.4 Å². The zero-order chi connectivity index (χ0) is 18.0. The Labute approximate surface area is 148 Å². The van der Waals surface area contributed by atoms with Crippen LogP contribution in [0.4, 0.5) is 0 Å². The first-order valence-corrected chi connectivity index (χ1v) is 9.20. The van der Waals surface area contributed by atoms with Gasteiger partial charge < -0.3 is 5.32 Å². The van der Waals surface area contributed by atoms with Crippen LogP contribution in [0.15, 0.2) is 29.1 Å². The van der Waals surface area contributed by atoms with E-state index < -0.39 is 0 Å². The van der Waals surface area contributed by atoms with Crippen molar-refractivity contribution in [3.05, 3.63) is 40.3 Å². The highest BCUT2D eigenvalue weighted by Gasteiger charge is 2.32. The van der Waals surface area contributed by atoms with Gasteiger partial charge in [0.1, 0.15) is 0 Å². The quantitative estimate of drug-likeness (QED) is 0.891. The van der Waals surface area contributed by atoms with Crippen LogP contribution in [0.5, 0.6) is 0 Å². The van der Waals surface area contributed by atoms with Gasteiger partial charge in [0.05, 0.1) is 5.39 Å². The average Bonchev–Trinajstić information content (AvgIpc) is 2.62. The summed E-state index contributed by atoms with van der Waals surface area (Å²) in [5, 5.41) is 10.6. The number of aromatic nitrogens is 2. The molecular formula is C20H27N3O2. The van der Waals surface area contributed by atoms with Gasteiger partial charge in [0.15, 0.2) is 5.69 Å². The third-order valence-corrected chi connectivity index (χ3v) is 5.99. The molecule has 1 fully saturated rings. The van der Waals surface area contributed by atoms with Crippen LogP contribution in [0.3, 0.4) is 0 Å². The minimum Gasteiger partial charge on any atom is -0.348 e. The van der Waals surface area contributed by atoms with E-state index in [1.54, 1.807) is 18.2 Å². The molecule has 1 aliphatic rings. The number of nitrogens with one attached hydrogen (secondary N) is 2. The van der Waals surface area contributed by atoms with Gasteiger partial charge in [-0.1, -0.05) is 45.4 Å². The molecule has 1 aromatic heterocycles. The van der Waals surface area contributed by atoms with Gasteiger partial charge in [-0.3, -0.25) is 9.59 Å². The fourth-order valence-electron chi connectivity index (χ4n) is 3.85. The average molecular weight is 341 g/mol. The summed E-state index contributed by atoms with van der Waals surface area (Å²) >= 11 is 0. The Balaban J connectivity index is 1.70. The second-order valence-corrected chi connectivity index (χ2v) is 7.81. The van der Waals surface area contributed by atoms with Gasteiger partial charge in [0.25, 0.3) is 11.5 Å². The minimum atomic E-state index is -0.269.